The number of rotatable bonds is 2. The van der Waals surface area contributed by atoms with E-state index >= 15 is 0 Å². The minimum atomic E-state index is -0.488. The van der Waals surface area contributed by atoms with Gasteiger partial charge in [-0.3, -0.25) is 9.78 Å². The Labute approximate surface area is 145 Å². The number of carbonyl (C=O) groups is 1. The normalized spacial score (nSPS) is 29.0. The molecule has 7 heteroatoms. The molecule has 2 unspecified atom stereocenters. The van der Waals surface area contributed by atoms with Gasteiger partial charge in [0.1, 0.15) is 0 Å². The van der Waals surface area contributed by atoms with Crippen molar-refractivity contribution in [3.8, 4) is 0 Å². The second-order valence-corrected chi connectivity index (χ2v) is 6.91. The predicted octanol–water partition coefficient (Wildman–Crippen LogP) is 2.64. The smallest absolute Gasteiger partial charge is 0.408 e. The van der Waals surface area contributed by atoms with Crippen LogP contribution in [0.3, 0.4) is 0 Å². The molecular weight excluding hydrogens is 330 g/mol. The van der Waals surface area contributed by atoms with Gasteiger partial charge in [0, 0.05) is 17.6 Å². The quantitative estimate of drug-likeness (QED) is 0.774. The lowest BCUT2D eigenvalue weighted by atomic mass is 9.65. The first-order valence-electron chi connectivity index (χ1n) is 8.29. The molecule has 2 aromatic rings. The number of halogens is 1. The van der Waals surface area contributed by atoms with Crippen LogP contribution in [-0.2, 0) is 4.79 Å². The van der Waals surface area contributed by atoms with Crippen molar-refractivity contribution in [2.24, 2.45) is 23.5 Å². The van der Waals surface area contributed by atoms with Crippen LogP contribution < -0.4 is 16.8 Å². The zero-order valence-electron chi connectivity index (χ0n) is 13.3. The molecule has 0 radical (unpaired) electrons. The number of fused-ring (bicyclic) bond motifs is 3. The molecule has 2 aliphatic carbocycles. The van der Waals surface area contributed by atoms with E-state index < -0.39 is 5.76 Å². The van der Waals surface area contributed by atoms with Gasteiger partial charge in [0.15, 0.2) is 5.58 Å². The Hall–Kier alpha value is -1.79. The van der Waals surface area contributed by atoms with Gasteiger partial charge in [-0.25, -0.2) is 4.79 Å². The number of carbonyl (C=O) groups excluding carboxylic acids is 1. The summed E-state index contributed by atoms with van der Waals surface area (Å²) < 4.78 is 4.97. The first-order valence-corrected chi connectivity index (χ1v) is 8.29. The number of anilines is 1. The number of oxazole rings is 1. The van der Waals surface area contributed by atoms with Gasteiger partial charge in [-0.15, -0.1) is 12.4 Å². The van der Waals surface area contributed by atoms with Crippen LogP contribution >= 0.6 is 12.4 Å². The minimum absolute atomic E-state index is 0. The van der Waals surface area contributed by atoms with Crippen LogP contribution in [0.4, 0.5) is 5.69 Å². The van der Waals surface area contributed by atoms with Crippen LogP contribution in [0.1, 0.15) is 32.1 Å². The van der Waals surface area contributed by atoms with Crippen molar-refractivity contribution in [2.45, 2.75) is 38.1 Å². The highest BCUT2D eigenvalue weighted by molar-refractivity contribution is 5.94. The minimum Gasteiger partial charge on any atom is -0.408 e. The summed E-state index contributed by atoms with van der Waals surface area (Å²) in [4.78, 5) is 26.4. The molecule has 0 aliphatic heterocycles. The lowest BCUT2D eigenvalue weighted by Crippen LogP contribution is -2.48. The molecule has 2 aliphatic rings. The summed E-state index contributed by atoms with van der Waals surface area (Å²) in [7, 11) is 0. The molecule has 1 amide bonds. The van der Waals surface area contributed by atoms with E-state index in [2.05, 4.69) is 10.3 Å². The van der Waals surface area contributed by atoms with Gasteiger partial charge in [0.05, 0.1) is 5.52 Å². The number of benzene rings is 1. The van der Waals surface area contributed by atoms with Crippen LogP contribution in [-0.4, -0.2) is 16.9 Å². The summed E-state index contributed by atoms with van der Waals surface area (Å²) in [6.45, 7) is 0. The van der Waals surface area contributed by atoms with Gasteiger partial charge in [-0.1, -0.05) is 6.42 Å². The van der Waals surface area contributed by atoms with Gasteiger partial charge < -0.3 is 15.5 Å². The Morgan fingerprint density at radius 1 is 1.25 bits per heavy atom. The number of nitrogens with two attached hydrogens (primary N) is 1. The molecule has 2 atom stereocenters. The van der Waals surface area contributed by atoms with Crippen LogP contribution in [0.2, 0.25) is 0 Å². The summed E-state index contributed by atoms with van der Waals surface area (Å²) in [5, 5.41) is 2.97. The van der Waals surface area contributed by atoms with Crippen molar-refractivity contribution < 1.29 is 9.21 Å². The van der Waals surface area contributed by atoms with Crippen molar-refractivity contribution in [2.75, 3.05) is 5.32 Å². The van der Waals surface area contributed by atoms with Crippen LogP contribution in [0.5, 0.6) is 0 Å². The maximum Gasteiger partial charge on any atom is 0.417 e. The number of aromatic nitrogens is 1. The number of H-pyrrole nitrogens is 1. The van der Waals surface area contributed by atoms with Crippen molar-refractivity contribution in [1.82, 2.24) is 4.98 Å². The number of amides is 1. The second kappa shape index (κ2) is 6.61. The average molecular weight is 352 g/mol. The fourth-order valence-corrected chi connectivity index (χ4v) is 4.28. The molecule has 0 saturated heterocycles. The maximum atomic E-state index is 12.6. The van der Waals surface area contributed by atoms with E-state index in [-0.39, 0.29) is 30.3 Å². The SMILES string of the molecule is Cl.NC1C2CCCC1CC(C(=O)Nc1ccc3oc(=O)[nH]c3c1)C2. The van der Waals surface area contributed by atoms with Crippen molar-refractivity contribution in [1.29, 1.82) is 0 Å². The Morgan fingerprint density at radius 3 is 2.67 bits per heavy atom. The summed E-state index contributed by atoms with van der Waals surface area (Å²) in [6, 6.07) is 5.44. The first-order chi connectivity index (χ1) is 11.1. The molecule has 130 valence electrons. The van der Waals surface area contributed by atoms with E-state index in [0.29, 0.717) is 28.6 Å². The molecule has 1 aromatic carbocycles. The zero-order chi connectivity index (χ0) is 16.0. The molecule has 24 heavy (non-hydrogen) atoms. The Kier molecular flexibility index (Phi) is 4.69. The molecule has 4 rings (SSSR count). The maximum absolute atomic E-state index is 12.6. The Bertz CT molecular complexity index is 786. The molecule has 2 saturated carbocycles. The predicted molar refractivity (Wildman–Crippen MR) is 94.2 cm³/mol. The summed E-state index contributed by atoms with van der Waals surface area (Å²) in [5.41, 5.74) is 8.05. The van der Waals surface area contributed by atoms with Crippen LogP contribution in [0, 0.1) is 17.8 Å². The molecule has 4 N–H and O–H groups in total. The van der Waals surface area contributed by atoms with Gasteiger partial charge in [0.2, 0.25) is 5.91 Å². The molecular formula is C17H22ClN3O3. The third-order valence-electron chi connectivity index (χ3n) is 5.47. The monoisotopic (exact) mass is 351 g/mol. The van der Waals surface area contributed by atoms with E-state index in [4.69, 9.17) is 10.2 Å². The molecule has 2 bridgehead atoms. The summed E-state index contributed by atoms with van der Waals surface area (Å²) in [5.74, 6) is 0.553. The van der Waals surface area contributed by atoms with Gasteiger partial charge in [-0.2, -0.15) is 0 Å². The zero-order valence-corrected chi connectivity index (χ0v) is 14.1. The average Bonchev–Trinajstić information content (AvgIpc) is 2.86. The van der Waals surface area contributed by atoms with Gasteiger partial charge in [-0.05, 0) is 55.7 Å². The highest BCUT2D eigenvalue weighted by Crippen LogP contribution is 2.42. The standard InChI is InChI=1S/C17H21N3O3.ClH/c18-15-9-2-1-3-10(15)7-11(6-9)16(21)19-12-4-5-14-13(8-12)20-17(22)23-14;/h4-5,8-11,15H,1-3,6-7,18H2,(H,19,21)(H,20,22);1H. The van der Waals surface area contributed by atoms with Gasteiger partial charge in [0.25, 0.3) is 0 Å². The number of hydrogen-bond donors (Lipinski definition) is 3. The first kappa shape index (κ1) is 17.0. The number of aromatic amines is 1. The van der Waals surface area contributed by atoms with Crippen LogP contribution in [0.15, 0.2) is 27.4 Å². The number of hydrogen-bond acceptors (Lipinski definition) is 4. The van der Waals surface area contributed by atoms with Crippen LogP contribution in [0.25, 0.3) is 11.1 Å². The van der Waals surface area contributed by atoms with Crippen molar-refractivity contribution in [3.63, 3.8) is 0 Å². The Balaban J connectivity index is 0.00000169. The van der Waals surface area contributed by atoms with E-state index in [9.17, 15) is 9.59 Å². The van der Waals surface area contributed by atoms with E-state index in [1.807, 2.05) is 0 Å². The van der Waals surface area contributed by atoms with Gasteiger partial charge >= 0.3 is 5.76 Å². The number of nitrogens with one attached hydrogen (secondary N) is 2. The third-order valence-corrected chi connectivity index (χ3v) is 5.47. The van der Waals surface area contributed by atoms with E-state index in [0.717, 1.165) is 25.7 Å². The molecule has 6 nitrogen and oxygen atoms in total. The lowest BCUT2D eigenvalue weighted by molar-refractivity contribution is -0.122. The molecule has 0 spiro atoms. The molecule has 1 heterocycles. The van der Waals surface area contributed by atoms with E-state index in [1.54, 1.807) is 18.2 Å². The fourth-order valence-electron chi connectivity index (χ4n) is 4.28. The van der Waals surface area contributed by atoms with Crippen molar-refractivity contribution >= 4 is 35.1 Å². The lowest BCUT2D eigenvalue weighted by Gasteiger charge is -2.43. The topological polar surface area (TPSA) is 101 Å². The fraction of sp³-hybridized carbons (Fsp3) is 0.529. The summed E-state index contributed by atoms with van der Waals surface area (Å²) in [6.07, 6.45) is 5.29. The highest BCUT2D eigenvalue weighted by atomic mass is 35.5. The summed E-state index contributed by atoms with van der Waals surface area (Å²) >= 11 is 0. The van der Waals surface area contributed by atoms with Crippen molar-refractivity contribution in [3.05, 3.63) is 28.7 Å². The van der Waals surface area contributed by atoms with E-state index in [1.165, 1.54) is 6.42 Å². The largest absolute Gasteiger partial charge is 0.417 e. The molecule has 2 fully saturated rings. The highest BCUT2D eigenvalue weighted by Gasteiger charge is 2.40. The molecule has 1 aromatic heterocycles. The third kappa shape index (κ3) is 3.08. The Morgan fingerprint density at radius 2 is 1.96 bits per heavy atom. The second-order valence-electron chi connectivity index (χ2n) is 6.91.